The second-order valence-corrected chi connectivity index (χ2v) is 7.85. The lowest BCUT2D eigenvalue weighted by molar-refractivity contribution is -0.119. The molecule has 0 aliphatic rings. The van der Waals surface area contributed by atoms with Crippen LogP contribution in [0.25, 0.3) is 33.4 Å². The van der Waals surface area contributed by atoms with E-state index in [1.54, 1.807) is 11.8 Å². The quantitative estimate of drug-likeness (QED) is 0.503. The van der Waals surface area contributed by atoms with Gasteiger partial charge in [-0.15, -0.1) is 0 Å². The summed E-state index contributed by atoms with van der Waals surface area (Å²) >= 11 is 0. The van der Waals surface area contributed by atoms with Crippen LogP contribution in [0.15, 0.2) is 55.0 Å². The molecule has 2 aromatic carbocycles. The topological polar surface area (TPSA) is 85.2 Å². The van der Waals surface area contributed by atoms with Gasteiger partial charge in [0, 0.05) is 35.8 Å². The van der Waals surface area contributed by atoms with Gasteiger partial charge < -0.3 is 10.1 Å². The zero-order chi connectivity index (χ0) is 22.8. The number of likely N-dealkylation sites (N-methyl/N-ethyl adjacent to an activating group) is 1. The number of rotatable bonds is 6. The van der Waals surface area contributed by atoms with E-state index in [-0.39, 0.29) is 11.9 Å². The zero-order valence-electron chi connectivity index (χ0n) is 18.8. The van der Waals surface area contributed by atoms with Gasteiger partial charge in [-0.05, 0) is 27.1 Å². The number of aromatic nitrogens is 4. The van der Waals surface area contributed by atoms with Gasteiger partial charge in [-0.1, -0.05) is 30.3 Å². The van der Waals surface area contributed by atoms with Crippen molar-refractivity contribution < 1.29 is 9.53 Å². The molecule has 8 nitrogen and oxygen atoms in total. The predicted molar refractivity (Wildman–Crippen MR) is 126 cm³/mol. The summed E-state index contributed by atoms with van der Waals surface area (Å²) in [5.74, 6) is 0.410. The molecule has 0 saturated heterocycles. The molecule has 1 atom stereocenters. The van der Waals surface area contributed by atoms with Crippen LogP contribution >= 0.6 is 0 Å². The molecular formula is C24H26N6O2. The molecule has 0 fully saturated rings. The van der Waals surface area contributed by atoms with Crippen molar-refractivity contribution in [3.8, 4) is 28.3 Å². The minimum atomic E-state index is -0.301. The fourth-order valence-electron chi connectivity index (χ4n) is 3.51. The Labute approximate surface area is 186 Å². The number of fused-ring (bicyclic) bond motifs is 1. The van der Waals surface area contributed by atoms with E-state index in [0.29, 0.717) is 17.0 Å². The third kappa shape index (κ3) is 4.04. The molecule has 2 heterocycles. The van der Waals surface area contributed by atoms with Crippen molar-refractivity contribution in [2.45, 2.75) is 13.0 Å². The third-order valence-corrected chi connectivity index (χ3v) is 5.50. The van der Waals surface area contributed by atoms with Gasteiger partial charge in [-0.3, -0.25) is 14.4 Å². The number of carbonyl (C=O) groups excluding carboxylic acids is 1. The number of ether oxygens (including phenoxy) is 1. The minimum absolute atomic E-state index is 0.127. The van der Waals surface area contributed by atoms with Gasteiger partial charge in [0.15, 0.2) is 0 Å². The van der Waals surface area contributed by atoms with Gasteiger partial charge in [0.25, 0.3) is 0 Å². The van der Waals surface area contributed by atoms with Gasteiger partial charge in [-0.25, -0.2) is 9.97 Å². The molecule has 8 heteroatoms. The highest BCUT2D eigenvalue weighted by Gasteiger charge is 2.20. The Bertz CT molecular complexity index is 1270. The Morgan fingerprint density at radius 1 is 1.12 bits per heavy atom. The van der Waals surface area contributed by atoms with Crippen LogP contribution < -0.4 is 10.1 Å². The third-order valence-electron chi connectivity index (χ3n) is 5.50. The van der Waals surface area contributed by atoms with Crippen molar-refractivity contribution >= 4 is 22.5 Å². The molecule has 164 valence electrons. The van der Waals surface area contributed by atoms with Gasteiger partial charge in [-0.2, -0.15) is 5.10 Å². The molecule has 2 aromatic heterocycles. The van der Waals surface area contributed by atoms with Gasteiger partial charge in [0.1, 0.15) is 17.8 Å². The second-order valence-electron chi connectivity index (χ2n) is 7.85. The van der Waals surface area contributed by atoms with E-state index in [9.17, 15) is 4.79 Å². The van der Waals surface area contributed by atoms with E-state index in [2.05, 4.69) is 20.4 Å². The number of hydrogen-bond donors (Lipinski definition) is 1. The van der Waals surface area contributed by atoms with Crippen molar-refractivity contribution in [1.82, 2.24) is 24.6 Å². The molecule has 0 unspecified atom stereocenters. The highest BCUT2D eigenvalue weighted by Crippen LogP contribution is 2.37. The summed E-state index contributed by atoms with van der Waals surface area (Å²) in [6.07, 6.45) is 3.48. The van der Waals surface area contributed by atoms with Crippen molar-refractivity contribution in [3.05, 3.63) is 55.0 Å². The fourth-order valence-corrected chi connectivity index (χ4v) is 3.51. The van der Waals surface area contributed by atoms with E-state index >= 15 is 0 Å². The first-order chi connectivity index (χ1) is 15.4. The Kier molecular flexibility index (Phi) is 5.87. The molecular weight excluding hydrogens is 404 g/mol. The van der Waals surface area contributed by atoms with E-state index in [0.717, 1.165) is 27.9 Å². The maximum Gasteiger partial charge on any atom is 0.241 e. The standard InChI is InChI=1S/C24H26N6O2/c1-15(29(2)3)24(31)27-20-11-17-19(12-21(20)32-5)25-14-26-23(17)18-13-30(4)28-22(18)16-9-7-6-8-10-16/h6-15H,1-5H3,(H,27,31)/t15-/m1/s1. The maximum atomic E-state index is 12.7. The van der Waals surface area contributed by atoms with Crippen LogP contribution in [-0.4, -0.2) is 57.8 Å². The molecule has 1 amide bonds. The number of methoxy groups -OCH3 is 1. The molecule has 32 heavy (non-hydrogen) atoms. The molecule has 0 aliphatic carbocycles. The highest BCUT2D eigenvalue weighted by atomic mass is 16.5. The Morgan fingerprint density at radius 2 is 1.88 bits per heavy atom. The fraction of sp³-hybridized carbons (Fsp3) is 0.250. The second kappa shape index (κ2) is 8.76. The van der Waals surface area contributed by atoms with Crippen LogP contribution in [0.4, 0.5) is 5.69 Å². The Hall–Kier alpha value is -3.78. The number of anilines is 1. The van der Waals surface area contributed by atoms with Crippen molar-refractivity contribution in [2.24, 2.45) is 7.05 Å². The number of hydrogen-bond acceptors (Lipinski definition) is 6. The largest absolute Gasteiger partial charge is 0.494 e. The number of nitrogens with zero attached hydrogens (tertiary/aromatic N) is 5. The molecule has 0 aliphatic heterocycles. The van der Waals surface area contributed by atoms with Crippen LogP contribution in [0.5, 0.6) is 5.75 Å². The van der Waals surface area contributed by atoms with Crippen molar-refractivity contribution in [2.75, 3.05) is 26.5 Å². The summed E-state index contributed by atoms with van der Waals surface area (Å²) in [7, 11) is 7.18. The molecule has 0 radical (unpaired) electrons. The van der Waals surface area contributed by atoms with Crippen molar-refractivity contribution in [1.29, 1.82) is 0 Å². The summed E-state index contributed by atoms with van der Waals surface area (Å²) in [5, 5.41) is 8.45. The lowest BCUT2D eigenvalue weighted by Crippen LogP contribution is -2.37. The molecule has 4 rings (SSSR count). The van der Waals surface area contributed by atoms with E-state index in [1.807, 2.05) is 81.6 Å². The van der Waals surface area contributed by atoms with E-state index < -0.39 is 0 Å². The van der Waals surface area contributed by atoms with Crippen LogP contribution in [0.1, 0.15) is 6.92 Å². The molecule has 1 N–H and O–H groups in total. The molecule has 4 aromatic rings. The van der Waals surface area contributed by atoms with Crippen LogP contribution in [0, 0.1) is 0 Å². The summed E-state index contributed by atoms with van der Waals surface area (Å²) in [6, 6.07) is 13.4. The predicted octanol–water partition coefficient (Wildman–Crippen LogP) is 3.59. The molecule has 0 bridgehead atoms. The van der Waals surface area contributed by atoms with E-state index in [4.69, 9.17) is 4.74 Å². The number of carbonyl (C=O) groups is 1. The Morgan fingerprint density at radius 3 is 2.56 bits per heavy atom. The zero-order valence-corrected chi connectivity index (χ0v) is 18.8. The first-order valence-electron chi connectivity index (χ1n) is 10.3. The van der Waals surface area contributed by atoms with Gasteiger partial charge >= 0.3 is 0 Å². The maximum absolute atomic E-state index is 12.7. The summed E-state index contributed by atoms with van der Waals surface area (Å²) in [6.45, 7) is 1.85. The first kappa shape index (κ1) is 21.5. The first-order valence-corrected chi connectivity index (χ1v) is 10.3. The number of amides is 1. The van der Waals surface area contributed by atoms with Crippen LogP contribution in [0.3, 0.4) is 0 Å². The minimum Gasteiger partial charge on any atom is -0.494 e. The normalized spacial score (nSPS) is 12.2. The lowest BCUT2D eigenvalue weighted by Gasteiger charge is -2.20. The average molecular weight is 431 g/mol. The SMILES string of the molecule is COc1cc2ncnc(-c3cn(C)nc3-c3ccccc3)c2cc1NC(=O)[C@@H](C)N(C)C. The summed E-state index contributed by atoms with van der Waals surface area (Å²) in [5.41, 5.74) is 4.73. The lowest BCUT2D eigenvalue weighted by atomic mass is 10.0. The Balaban J connectivity index is 1.87. The molecule has 0 spiro atoms. The number of aryl methyl sites for hydroxylation is 1. The average Bonchev–Trinajstić information content (AvgIpc) is 3.19. The smallest absolute Gasteiger partial charge is 0.241 e. The number of nitrogens with one attached hydrogen (secondary N) is 1. The van der Waals surface area contributed by atoms with Crippen molar-refractivity contribution in [3.63, 3.8) is 0 Å². The highest BCUT2D eigenvalue weighted by molar-refractivity contribution is 6.02. The van der Waals surface area contributed by atoms with Crippen LogP contribution in [-0.2, 0) is 11.8 Å². The van der Waals surface area contributed by atoms with Crippen LogP contribution in [0.2, 0.25) is 0 Å². The number of benzene rings is 2. The van der Waals surface area contributed by atoms with E-state index in [1.165, 1.54) is 6.33 Å². The molecule has 0 saturated carbocycles. The summed E-state index contributed by atoms with van der Waals surface area (Å²) in [4.78, 5) is 23.6. The summed E-state index contributed by atoms with van der Waals surface area (Å²) < 4.78 is 7.31. The van der Waals surface area contributed by atoms with Gasteiger partial charge in [0.2, 0.25) is 5.91 Å². The van der Waals surface area contributed by atoms with Gasteiger partial charge in [0.05, 0.1) is 30.0 Å². The monoisotopic (exact) mass is 430 g/mol.